The summed E-state index contributed by atoms with van der Waals surface area (Å²) in [6.45, 7) is 1.76. The highest BCUT2D eigenvalue weighted by molar-refractivity contribution is 7.17. The fraction of sp³-hybridized carbons (Fsp3) is 0.409. The summed E-state index contributed by atoms with van der Waals surface area (Å²) in [5, 5.41) is 3.17. The van der Waals surface area contributed by atoms with Gasteiger partial charge in [-0.1, -0.05) is 13.0 Å². The largest absolute Gasteiger partial charge is 0.452 e. The monoisotopic (exact) mass is 412 g/mol. The molecular weight excluding hydrogens is 388 g/mol. The summed E-state index contributed by atoms with van der Waals surface area (Å²) in [4.78, 5) is 37.7. The zero-order chi connectivity index (χ0) is 20.5. The van der Waals surface area contributed by atoms with Crippen molar-refractivity contribution in [3.63, 3.8) is 0 Å². The number of anilines is 1. The Hall–Kier alpha value is -2.67. The number of carbonyl (C=O) groups excluding carboxylic acids is 3. The molecule has 2 aliphatic rings. The Morgan fingerprint density at radius 3 is 2.79 bits per heavy atom. The van der Waals surface area contributed by atoms with Crippen LogP contribution in [0.5, 0.6) is 0 Å². The number of fused-ring (bicyclic) bond motifs is 2. The quantitative estimate of drug-likeness (QED) is 0.737. The predicted octanol–water partition coefficient (Wildman–Crippen LogP) is 3.26. The molecule has 3 N–H and O–H groups in total. The zero-order valence-electron chi connectivity index (χ0n) is 16.4. The van der Waals surface area contributed by atoms with Crippen LogP contribution in [0, 0.1) is 5.92 Å². The smallest absolute Gasteiger partial charge is 0.338 e. The number of aryl methyl sites for hydroxylation is 2. The maximum atomic E-state index is 12.4. The fourth-order valence-corrected chi connectivity index (χ4v) is 5.61. The van der Waals surface area contributed by atoms with E-state index in [0.717, 1.165) is 49.0 Å². The number of carbonyl (C=O) groups is 3. The number of hydrogen-bond donors (Lipinski definition) is 2. The second kappa shape index (κ2) is 7.99. The van der Waals surface area contributed by atoms with E-state index in [0.29, 0.717) is 22.0 Å². The third kappa shape index (κ3) is 4.05. The van der Waals surface area contributed by atoms with Crippen LogP contribution in [-0.2, 0) is 35.2 Å². The molecule has 6 nitrogen and oxygen atoms in total. The summed E-state index contributed by atoms with van der Waals surface area (Å²) < 4.78 is 5.18. The van der Waals surface area contributed by atoms with Gasteiger partial charge in [-0.15, -0.1) is 11.3 Å². The van der Waals surface area contributed by atoms with Crippen molar-refractivity contribution in [2.75, 3.05) is 11.9 Å². The highest BCUT2D eigenvalue weighted by Crippen LogP contribution is 2.39. The van der Waals surface area contributed by atoms with E-state index < -0.39 is 24.4 Å². The molecule has 0 fully saturated rings. The van der Waals surface area contributed by atoms with Crippen molar-refractivity contribution in [2.24, 2.45) is 11.7 Å². The van der Waals surface area contributed by atoms with Gasteiger partial charge in [0.2, 0.25) is 0 Å². The van der Waals surface area contributed by atoms with Crippen molar-refractivity contribution in [1.82, 2.24) is 0 Å². The first-order valence-electron chi connectivity index (χ1n) is 9.95. The lowest BCUT2D eigenvalue weighted by atomic mass is 9.88. The molecule has 1 aromatic carbocycles. The molecule has 0 saturated carbocycles. The summed E-state index contributed by atoms with van der Waals surface area (Å²) >= 11 is 1.39. The number of nitrogens with two attached hydrogens (primary N) is 1. The van der Waals surface area contributed by atoms with Gasteiger partial charge in [0.15, 0.2) is 6.61 Å². The predicted molar refractivity (Wildman–Crippen MR) is 111 cm³/mol. The van der Waals surface area contributed by atoms with Gasteiger partial charge in [0, 0.05) is 4.88 Å². The van der Waals surface area contributed by atoms with Crippen LogP contribution >= 0.6 is 11.3 Å². The first kappa shape index (κ1) is 19.6. The molecule has 29 heavy (non-hydrogen) atoms. The standard InChI is InChI=1S/C22H24N2O4S/c1-12-5-8-16-17(9-12)29-21(19(16)20(23)26)24-18(25)11-28-22(27)15-7-6-13-3-2-4-14(13)10-15/h6-7,10,12H,2-5,8-9,11H2,1H3,(H2,23,26)(H,24,25)/t12-/m0/s1. The van der Waals surface area contributed by atoms with Gasteiger partial charge in [-0.05, 0) is 73.3 Å². The lowest BCUT2D eigenvalue weighted by Gasteiger charge is -2.18. The Morgan fingerprint density at radius 2 is 2.00 bits per heavy atom. The molecule has 7 heteroatoms. The molecule has 0 spiro atoms. The average molecular weight is 413 g/mol. The van der Waals surface area contributed by atoms with Gasteiger partial charge >= 0.3 is 5.97 Å². The van der Waals surface area contributed by atoms with Gasteiger partial charge < -0.3 is 15.8 Å². The molecule has 1 heterocycles. The molecule has 2 aliphatic carbocycles. The normalized spacial score (nSPS) is 17.3. The molecule has 1 atom stereocenters. The first-order chi connectivity index (χ1) is 13.9. The van der Waals surface area contributed by atoms with E-state index >= 15 is 0 Å². The third-order valence-corrected chi connectivity index (χ3v) is 6.85. The van der Waals surface area contributed by atoms with Gasteiger partial charge in [0.25, 0.3) is 11.8 Å². The fourth-order valence-electron chi connectivity index (χ4n) is 4.18. The molecule has 1 aromatic heterocycles. The van der Waals surface area contributed by atoms with Crippen LogP contribution in [0.4, 0.5) is 5.00 Å². The summed E-state index contributed by atoms with van der Waals surface area (Å²) in [6.07, 6.45) is 5.77. The third-order valence-electron chi connectivity index (χ3n) is 5.68. The molecule has 0 saturated heterocycles. The zero-order valence-corrected chi connectivity index (χ0v) is 17.2. The number of rotatable bonds is 5. The van der Waals surface area contributed by atoms with Crippen molar-refractivity contribution in [3.05, 3.63) is 50.9 Å². The van der Waals surface area contributed by atoms with Crippen LogP contribution in [-0.4, -0.2) is 24.4 Å². The molecule has 2 amide bonds. The molecule has 152 valence electrons. The van der Waals surface area contributed by atoms with Gasteiger partial charge in [-0.2, -0.15) is 0 Å². The molecular formula is C22H24N2O4S. The number of thiophene rings is 1. The number of amides is 2. The van der Waals surface area contributed by atoms with E-state index in [2.05, 4.69) is 12.2 Å². The lowest BCUT2D eigenvalue weighted by Crippen LogP contribution is -2.23. The lowest BCUT2D eigenvalue weighted by molar-refractivity contribution is -0.119. The maximum Gasteiger partial charge on any atom is 0.338 e. The molecule has 0 radical (unpaired) electrons. The van der Waals surface area contributed by atoms with Crippen LogP contribution < -0.4 is 11.1 Å². The van der Waals surface area contributed by atoms with Crippen LogP contribution in [0.15, 0.2) is 18.2 Å². The summed E-state index contributed by atoms with van der Waals surface area (Å²) in [6, 6.07) is 5.54. The Morgan fingerprint density at radius 1 is 1.21 bits per heavy atom. The molecule has 0 unspecified atom stereocenters. The Labute approximate surface area is 173 Å². The topological polar surface area (TPSA) is 98.5 Å². The van der Waals surface area contributed by atoms with Crippen molar-refractivity contribution in [3.8, 4) is 0 Å². The number of primary amides is 1. The van der Waals surface area contributed by atoms with Crippen LogP contribution in [0.1, 0.15) is 62.0 Å². The van der Waals surface area contributed by atoms with E-state index in [9.17, 15) is 14.4 Å². The van der Waals surface area contributed by atoms with Crippen LogP contribution in [0.3, 0.4) is 0 Å². The minimum Gasteiger partial charge on any atom is -0.452 e. The van der Waals surface area contributed by atoms with Crippen molar-refractivity contribution < 1.29 is 19.1 Å². The van der Waals surface area contributed by atoms with Gasteiger partial charge in [0.05, 0.1) is 11.1 Å². The van der Waals surface area contributed by atoms with Crippen molar-refractivity contribution in [2.45, 2.75) is 45.4 Å². The van der Waals surface area contributed by atoms with E-state index in [4.69, 9.17) is 10.5 Å². The highest BCUT2D eigenvalue weighted by Gasteiger charge is 2.27. The van der Waals surface area contributed by atoms with E-state index in [-0.39, 0.29) is 0 Å². The molecule has 4 rings (SSSR count). The number of ether oxygens (including phenoxy) is 1. The summed E-state index contributed by atoms with van der Waals surface area (Å²) in [5.41, 5.74) is 9.82. The molecule has 2 aromatic rings. The Balaban J connectivity index is 1.41. The number of esters is 1. The Bertz CT molecular complexity index is 995. The first-order valence-corrected chi connectivity index (χ1v) is 10.8. The van der Waals surface area contributed by atoms with Crippen molar-refractivity contribution >= 4 is 34.1 Å². The van der Waals surface area contributed by atoms with Gasteiger partial charge in [-0.3, -0.25) is 9.59 Å². The average Bonchev–Trinajstić information content (AvgIpc) is 3.28. The molecule has 0 bridgehead atoms. The SMILES string of the molecule is C[C@H]1CCc2c(sc(NC(=O)COC(=O)c3ccc4c(c3)CCC4)c2C(N)=O)C1. The van der Waals surface area contributed by atoms with Crippen LogP contribution in [0.25, 0.3) is 0 Å². The Kier molecular flexibility index (Phi) is 5.41. The number of nitrogens with one attached hydrogen (secondary N) is 1. The minimum atomic E-state index is -0.539. The maximum absolute atomic E-state index is 12.4. The summed E-state index contributed by atoms with van der Waals surface area (Å²) in [7, 11) is 0. The molecule has 0 aliphatic heterocycles. The van der Waals surface area contributed by atoms with Gasteiger partial charge in [0.1, 0.15) is 5.00 Å². The van der Waals surface area contributed by atoms with Crippen molar-refractivity contribution in [1.29, 1.82) is 0 Å². The second-order valence-electron chi connectivity index (χ2n) is 7.88. The number of hydrogen-bond acceptors (Lipinski definition) is 5. The summed E-state index contributed by atoms with van der Waals surface area (Å²) in [5.74, 6) is -1.00. The number of benzene rings is 1. The minimum absolute atomic E-state index is 0.398. The van der Waals surface area contributed by atoms with E-state index in [1.165, 1.54) is 22.5 Å². The van der Waals surface area contributed by atoms with Crippen LogP contribution in [0.2, 0.25) is 0 Å². The second-order valence-corrected chi connectivity index (χ2v) is 8.99. The van der Waals surface area contributed by atoms with Gasteiger partial charge in [-0.25, -0.2) is 4.79 Å². The van der Waals surface area contributed by atoms with E-state index in [1.54, 1.807) is 6.07 Å². The van der Waals surface area contributed by atoms with E-state index in [1.807, 2.05) is 12.1 Å². The highest BCUT2D eigenvalue weighted by atomic mass is 32.1.